The minimum Gasteiger partial charge on any atom is -1.00 e. The van der Waals surface area contributed by atoms with E-state index < -0.39 is 17.2 Å². The second kappa shape index (κ2) is 9.89. The van der Waals surface area contributed by atoms with Crippen molar-refractivity contribution in [2.24, 2.45) is 0 Å². The second-order valence-electron chi connectivity index (χ2n) is 3.55. The Kier molecular flexibility index (Phi) is 9.43. The van der Waals surface area contributed by atoms with Crippen molar-refractivity contribution >= 4 is 28.8 Å². The zero-order valence-corrected chi connectivity index (χ0v) is 14.0. The van der Waals surface area contributed by atoms with Gasteiger partial charge in [0.2, 0.25) is 5.91 Å². The number of nitrogens with one attached hydrogen (secondary N) is 2. The molecule has 1 rings (SSSR count). The smallest absolute Gasteiger partial charge is 1.00 e. The molecule has 106 valence electrons. The molecule has 7 nitrogen and oxygen atoms in total. The van der Waals surface area contributed by atoms with Gasteiger partial charge in [0, 0.05) is 19.2 Å². The van der Waals surface area contributed by atoms with E-state index in [1.54, 1.807) is 12.1 Å². The quantitative estimate of drug-likeness (QED) is 0.434. The molecule has 0 aliphatic rings. The number of amides is 2. The van der Waals surface area contributed by atoms with Crippen LogP contribution in [0.25, 0.3) is 0 Å². The number of benzene rings is 1. The summed E-state index contributed by atoms with van der Waals surface area (Å²) in [6.07, 6.45) is -0.710. The molecule has 20 heavy (non-hydrogen) atoms. The molecule has 0 aliphatic heterocycles. The fraction of sp³-hybridized carbons (Fsp3) is 0.273. The molecule has 0 radical (unpaired) electrons. The first-order chi connectivity index (χ1) is 8.97. The van der Waals surface area contributed by atoms with Crippen LogP contribution in [0.4, 0.5) is 10.5 Å². The maximum Gasteiger partial charge on any atom is 1.00 e. The third kappa shape index (κ3) is 8.28. The van der Waals surface area contributed by atoms with E-state index in [9.17, 15) is 13.8 Å². The molecule has 3 N–H and O–H groups in total. The van der Waals surface area contributed by atoms with Crippen molar-refractivity contribution in [1.82, 2.24) is 5.32 Å². The fourth-order valence-corrected chi connectivity index (χ4v) is 1.47. The van der Waals surface area contributed by atoms with Crippen LogP contribution in [0, 0.1) is 0 Å². The van der Waals surface area contributed by atoms with Crippen molar-refractivity contribution < 1.29 is 54.1 Å². The Morgan fingerprint density at radius 1 is 1.35 bits per heavy atom. The van der Waals surface area contributed by atoms with Crippen molar-refractivity contribution in [3.63, 3.8) is 0 Å². The Balaban J connectivity index is 0. The predicted molar refractivity (Wildman–Crippen MR) is 71.5 cm³/mol. The molecule has 0 fully saturated rings. The van der Waals surface area contributed by atoms with E-state index in [0.29, 0.717) is 11.4 Å². The first-order valence-corrected chi connectivity index (χ1v) is 6.66. The maximum absolute atomic E-state index is 11.3. The van der Waals surface area contributed by atoms with E-state index >= 15 is 0 Å². The molecule has 0 aromatic heterocycles. The molecular weight excluding hydrogens is 295 g/mol. The Morgan fingerprint density at radius 2 is 1.95 bits per heavy atom. The van der Waals surface area contributed by atoms with E-state index in [-0.39, 0.29) is 49.2 Å². The minimum absolute atomic E-state index is 0. The molecule has 9 heteroatoms. The summed E-state index contributed by atoms with van der Waals surface area (Å²) in [7, 11) is 0. The fourth-order valence-electron chi connectivity index (χ4n) is 1.19. The normalized spacial score (nSPS) is 10.9. The number of carbonyl (C=O) groups excluding carboxylic acids is 2. The van der Waals surface area contributed by atoms with Crippen LogP contribution < -0.4 is 44.9 Å². The van der Waals surface area contributed by atoms with E-state index in [1.165, 1.54) is 19.1 Å². The zero-order valence-electron chi connectivity index (χ0n) is 12.2. The molecule has 2 amide bonds. The molecule has 0 saturated heterocycles. The zero-order chi connectivity index (χ0) is 14.3. The van der Waals surface area contributed by atoms with Crippen LogP contribution in [0.2, 0.25) is 0 Å². The van der Waals surface area contributed by atoms with Gasteiger partial charge in [0.15, 0.2) is 11.1 Å². The van der Waals surface area contributed by atoms with Crippen LogP contribution in [-0.2, 0) is 15.9 Å². The number of ether oxygens (including phenoxy) is 1. The molecule has 1 aromatic rings. The van der Waals surface area contributed by atoms with Gasteiger partial charge in [-0.3, -0.25) is 4.79 Å². The van der Waals surface area contributed by atoms with Gasteiger partial charge < -0.3 is 21.3 Å². The number of hydrogen-bond acceptors (Lipinski definition) is 4. The van der Waals surface area contributed by atoms with Gasteiger partial charge >= 0.3 is 35.7 Å². The summed E-state index contributed by atoms with van der Waals surface area (Å²) in [5.41, 5.74) is 0.593. The largest absolute Gasteiger partial charge is 1.00 e. The van der Waals surface area contributed by atoms with Gasteiger partial charge in [-0.2, -0.15) is 0 Å². The first-order valence-electron chi connectivity index (χ1n) is 5.38. The number of rotatable bonds is 5. The van der Waals surface area contributed by atoms with Gasteiger partial charge in [-0.1, -0.05) is 0 Å². The van der Waals surface area contributed by atoms with Crippen LogP contribution >= 0.6 is 0 Å². The van der Waals surface area contributed by atoms with Gasteiger partial charge in [-0.05, 0) is 24.3 Å². The van der Waals surface area contributed by atoms with Crippen molar-refractivity contribution in [1.29, 1.82) is 0 Å². The topological polar surface area (TPSA) is 105 Å². The van der Waals surface area contributed by atoms with Gasteiger partial charge in [0.25, 0.3) is 0 Å². The molecule has 0 spiro atoms. The number of hydrogen-bond donors (Lipinski definition) is 3. The third-order valence-electron chi connectivity index (χ3n) is 1.93. The van der Waals surface area contributed by atoms with Gasteiger partial charge in [-0.15, -0.1) is 0 Å². The molecule has 0 heterocycles. The Bertz CT molecular complexity index is 486. The summed E-state index contributed by atoms with van der Waals surface area (Å²) < 4.78 is 23.8. The molecule has 1 unspecified atom stereocenters. The Hall–Kier alpha value is -0.930. The summed E-state index contributed by atoms with van der Waals surface area (Å²) >= 11 is -1.95. The van der Waals surface area contributed by atoms with Crippen LogP contribution in [0.3, 0.4) is 0 Å². The Labute approximate surface area is 142 Å². The summed E-state index contributed by atoms with van der Waals surface area (Å²) in [4.78, 5) is 22.1. The van der Waals surface area contributed by atoms with E-state index in [2.05, 4.69) is 10.6 Å². The summed E-state index contributed by atoms with van der Waals surface area (Å²) in [5, 5.41) is 4.90. The van der Waals surface area contributed by atoms with Crippen LogP contribution in [-0.4, -0.2) is 33.1 Å². The maximum atomic E-state index is 11.3. The van der Waals surface area contributed by atoms with Crippen LogP contribution in [0.1, 0.15) is 8.35 Å². The molecule has 1 atom stereocenters. The monoisotopic (exact) mass is 310 g/mol. The molecule has 0 bridgehead atoms. The standard InChI is InChI=1S/C11H14N2O5S.Na.H/c1-8(14)13-9-2-4-10(5-3-9)18-11(15)12-6-7-19(16)17;;/h2-5H,6-7H2,1H3,(H,12,15)(H,13,14)(H,16,17);;/q;+1;-1. The molecule has 1 aromatic carbocycles. The summed E-state index contributed by atoms with van der Waals surface area (Å²) in [6.45, 7) is 1.44. The molecular formula is C11H15N2NaO5S. The van der Waals surface area contributed by atoms with Crippen molar-refractivity contribution in [3.8, 4) is 5.75 Å². The average molecular weight is 310 g/mol. The van der Waals surface area contributed by atoms with E-state index in [4.69, 9.17) is 9.29 Å². The predicted octanol–water partition coefficient (Wildman–Crippen LogP) is -1.93. The van der Waals surface area contributed by atoms with Crippen LogP contribution in [0.5, 0.6) is 5.75 Å². The van der Waals surface area contributed by atoms with Gasteiger partial charge in [0.1, 0.15) is 5.75 Å². The van der Waals surface area contributed by atoms with Gasteiger partial charge in [0.05, 0.1) is 5.75 Å². The first kappa shape index (κ1) is 19.1. The SMILES string of the molecule is CC(=O)Nc1ccc(OC(=O)NCCS(=O)O)cc1.[H-].[Na+]. The third-order valence-corrected chi connectivity index (χ3v) is 2.48. The molecule has 0 saturated carbocycles. The second-order valence-corrected chi connectivity index (χ2v) is 4.60. The number of anilines is 1. The van der Waals surface area contributed by atoms with Crippen molar-refractivity contribution in [2.75, 3.05) is 17.6 Å². The van der Waals surface area contributed by atoms with Gasteiger partial charge in [-0.25, -0.2) is 9.00 Å². The van der Waals surface area contributed by atoms with Crippen LogP contribution in [0.15, 0.2) is 24.3 Å². The van der Waals surface area contributed by atoms with Crippen molar-refractivity contribution in [2.45, 2.75) is 6.92 Å². The summed E-state index contributed by atoms with van der Waals surface area (Å²) in [5.74, 6) is 0.0523. The number of carbonyl (C=O) groups is 2. The Morgan fingerprint density at radius 3 is 2.45 bits per heavy atom. The molecule has 0 aliphatic carbocycles. The van der Waals surface area contributed by atoms with E-state index in [1.807, 2.05) is 0 Å². The van der Waals surface area contributed by atoms with Crippen molar-refractivity contribution in [3.05, 3.63) is 24.3 Å². The summed E-state index contributed by atoms with van der Waals surface area (Å²) in [6, 6.07) is 6.23. The van der Waals surface area contributed by atoms with E-state index in [0.717, 1.165) is 0 Å². The minimum atomic E-state index is -1.95. The average Bonchev–Trinajstić information content (AvgIpc) is 2.30.